The van der Waals surface area contributed by atoms with Crippen LogP contribution in [0.4, 0.5) is 5.82 Å². The third-order valence-electron chi connectivity index (χ3n) is 4.54. The van der Waals surface area contributed by atoms with Crippen molar-refractivity contribution in [2.24, 2.45) is 7.05 Å². The first kappa shape index (κ1) is 16.5. The summed E-state index contributed by atoms with van der Waals surface area (Å²) in [5.74, 6) is 1.09. The van der Waals surface area contributed by atoms with Gasteiger partial charge in [-0.25, -0.2) is 4.98 Å². The number of fused-ring (bicyclic) bond motifs is 1. The van der Waals surface area contributed by atoms with Gasteiger partial charge in [0.25, 0.3) is 0 Å². The van der Waals surface area contributed by atoms with E-state index in [1.807, 2.05) is 12.3 Å². The molecule has 4 nitrogen and oxygen atoms in total. The van der Waals surface area contributed by atoms with Gasteiger partial charge in [-0.3, -0.25) is 0 Å². The number of nitrogens with one attached hydrogen (secondary N) is 1. The number of benzene rings is 1. The van der Waals surface area contributed by atoms with Crippen molar-refractivity contribution < 1.29 is 0 Å². The van der Waals surface area contributed by atoms with Crippen LogP contribution in [0, 0.1) is 0 Å². The molecule has 0 unspecified atom stereocenters. The Hall–Kier alpha value is -2.33. The van der Waals surface area contributed by atoms with E-state index in [1.54, 1.807) is 0 Å². The molecule has 0 radical (unpaired) electrons. The molecule has 0 fully saturated rings. The van der Waals surface area contributed by atoms with E-state index in [-0.39, 0.29) is 0 Å². The predicted octanol–water partition coefficient (Wildman–Crippen LogP) is 3.71. The second-order valence-corrected chi connectivity index (χ2v) is 6.04. The summed E-state index contributed by atoms with van der Waals surface area (Å²) >= 11 is 0. The largest absolute Gasteiger partial charge is 0.357 e. The highest BCUT2D eigenvalue weighted by Gasteiger charge is 2.10. The number of rotatable bonds is 7. The monoisotopic (exact) mass is 322 g/mol. The molecule has 0 aliphatic heterocycles. The number of aryl methyl sites for hydroxylation is 1. The first-order valence-electron chi connectivity index (χ1n) is 8.67. The van der Waals surface area contributed by atoms with Crippen molar-refractivity contribution in [1.82, 2.24) is 14.9 Å². The molecular formula is C20H26N4. The van der Waals surface area contributed by atoms with Crippen LogP contribution in [-0.2, 0) is 20.1 Å². The fraction of sp³-hybridized carbons (Fsp3) is 0.350. The van der Waals surface area contributed by atoms with Gasteiger partial charge in [-0.2, -0.15) is 0 Å². The molecule has 4 heteroatoms. The molecule has 0 saturated heterocycles. The topological polar surface area (TPSA) is 33.1 Å². The van der Waals surface area contributed by atoms with E-state index in [9.17, 15) is 0 Å². The normalized spacial score (nSPS) is 11.1. The minimum Gasteiger partial charge on any atom is -0.357 e. The lowest BCUT2D eigenvalue weighted by Crippen LogP contribution is -2.25. The highest BCUT2D eigenvalue weighted by molar-refractivity contribution is 5.83. The first-order chi connectivity index (χ1) is 11.7. The van der Waals surface area contributed by atoms with Crippen molar-refractivity contribution in [1.29, 1.82) is 0 Å². The highest BCUT2D eigenvalue weighted by Crippen LogP contribution is 2.21. The van der Waals surface area contributed by atoms with E-state index in [2.05, 4.69) is 77.2 Å². The average Bonchev–Trinajstić information content (AvgIpc) is 2.94. The third-order valence-corrected chi connectivity index (χ3v) is 4.54. The molecule has 3 aromatic rings. The molecule has 1 aromatic carbocycles. The second kappa shape index (κ2) is 7.49. The van der Waals surface area contributed by atoms with E-state index >= 15 is 0 Å². The number of aromatic nitrogens is 2. The summed E-state index contributed by atoms with van der Waals surface area (Å²) in [5, 5.41) is 4.91. The summed E-state index contributed by atoms with van der Waals surface area (Å²) in [6.45, 7) is 7.97. The van der Waals surface area contributed by atoms with Crippen molar-refractivity contribution in [3.05, 3.63) is 59.9 Å². The van der Waals surface area contributed by atoms with E-state index in [0.717, 1.165) is 32.0 Å². The van der Waals surface area contributed by atoms with Gasteiger partial charge < -0.3 is 14.8 Å². The molecule has 0 spiro atoms. The molecule has 0 aliphatic carbocycles. The van der Waals surface area contributed by atoms with Crippen molar-refractivity contribution in [3.63, 3.8) is 0 Å². The first-order valence-corrected chi connectivity index (χ1v) is 8.67. The van der Waals surface area contributed by atoms with Crippen LogP contribution < -0.4 is 10.2 Å². The lowest BCUT2D eigenvalue weighted by Gasteiger charge is -2.22. The maximum atomic E-state index is 4.58. The van der Waals surface area contributed by atoms with Gasteiger partial charge in [0.1, 0.15) is 5.82 Å². The summed E-state index contributed by atoms with van der Waals surface area (Å²) in [4.78, 5) is 6.88. The quantitative estimate of drug-likeness (QED) is 0.720. The van der Waals surface area contributed by atoms with Gasteiger partial charge in [0.05, 0.1) is 0 Å². The SMILES string of the molecule is CCN(CC)c1ncccc1CNCc1cn(C)c2ccccc12. The molecule has 24 heavy (non-hydrogen) atoms. The number of pyridine rings is 1. The highest BCUT2D eigenvalue weighted by atomic mass is 15.2. The number of nitrogens with zero attached hydrogens (tertiary/aromatic N) is 3. The standard InChI is InChI=1S/C20H26N4/c1-4-24(5-2)20-16(9-8-12-22-20)13-21-14-17-15-23(3)19-11-7-6-10-18(17)19/h6-12,15,21H,4-5,13-14H2,1-3H3. The Morgan fingerprint density at radius 1 is 1.00 bits per heavy atom. The maximum absolute atomic E-state index is 4.58. The lowest BCUT2D eigenvalue weighted by molar-refractivity contribution is 0.687. The van der Waals surface area contributed by atoms with Crippen molar-refractivity contribution in [2.75, 3.05) is 18.0 Å². The van der Waals surface area contributed by atoms with Crippen LogP contribution in [0.2, 0.25) is 0 Å². The maximum Gasteiger partial charge on any atom is 0.132 e. The van der Waals surface area contributed by atoms with Crippen LogP contribution in [0.1, 0.15) is 25.0 Å². The van der Waals surface area contributed by atoms with Gasteiger partial charge in [-0.05, 0) is 31.5 Å². The number of hydrogen-bond donors (Lipinski definition) is 1. The fourth-order valence-electron chi connectivity index (χ4n) is 3.27. The van der Waals surface area contributed by atoms with Crippen LogP contribution in [0.5, 0.6) is 0 Å². The number of para-hydroxylation sites is 1. The van der Waals surface area contributed by atoms with E-state index in [1.165, 1.54) is 22.0 Å². The zero-order chi connectivity index (χ0) is 16.9. The summed E-state index contributed by atoms with van der Waals surface area (Å²) in [5.41, 5.74) is 3.86. The Kier molecular flexibility index (Phi) is 5.16. The average molecular weight is 322 g/mol. The Morgan fingerprint density at radius 3 is 2.54 bits per heavy atom. The summed E-state index contributed by atoms with van der Waals surface area (Å²) < 4.78 is 2.19. The molecule has 1 N–H and O–H groups in total. The minimum absolute atomic E-state index is 0.822. The Balaban J connectivity index is 1.73. The van der Waals surface area contributed by atoms with Crippen LogP contribution in [-0.4, -0.2) is 22.6 Å². The predicted molar refractivity (Wildman–Crippen MR) is 101 cm³/mol. The van der Waals surface area contributed by atoms with Crippen LogP contribution in [0.25, 0.3) is 10.9 Å². The van der Waals surface area contributed by atoms with Gasteiger partial charge in [0.2, 0.25) is 0 Å². The molecule has 0 amide bonds. The number of anilines is 1. The molecule has 0 aliphatic rings. The summed E-state index contributed by atoms with van der Waals surface area (Å²) in [6.07, 6.45) is 4.09. The fourth-order valence-corrected chi connectivity index (χ4v) is 3.27. The molecule has 2 heterocycles. The Labute approximate surface area is 144 Å². The summed E-state index contributed by atoms with van der Waals surface area (Å²) in [6, 6.07) is 12.7. The molecule has 2 aromatic heterocycles. The van der Waals surface area contributed by atoms with Crippen LogP contribution in [0.15, 0.2) is 48.8 Å². The Morgan fingerprint density at radius 2 is 1.75 bits per heavy atom. The molecule has 0 atom stereocenters. The minimum atomic E-state index is 0.822. The Bertz CT molecular complexity index is 802. The van der Waals surface area contributed by atoms with Crippen molar-refractivity contribution in [2.45, 2.75) is 26.9 Å². The van der Waals surface area contributed by atoms with Gasteiger partial charge in [-0.15, -0.1) is 0 Å². The van der Waals surface area contributed by atoms with Crippen molar-refractivity contribution >= 4 is 16.7 Å². The van der Waals surface area contributed by atoms with Gasteiger partial charge in [0, 0.05) is 62.1 Å². The van der Waals surface area contributed by atoms with E-state index < -0.39 is 0 Å². The van der Waals surface area contributed by atoms with Gasteiger partial charge in [-0.1, -0.05) is 24.3 Å². The molecular weight excluding hydrogens is 296 g/mol. The zero-order valence-electron chi connectivity index (χ0n) is 14.8. The van der Waals surface area contributed by atoms with Crippen molar-refractivity contribution in [3.8, 4) is 0 Å². The van der Waals surface area contributed by atoms with E-state index in [4.69, 9.17) is 0 Å². The molecule has 0 bridgehead atoms. The van der Waals surface area contributed by atoms with Crippen LogP contribution >= 0.6 is 0 Å². The second-order valence-electron chi connectivity index (χ2n) is 6.04. The molecule has 0 saturated carbocycles. The number of hydrogen-bond acceptors (Lipinski definition) is 3. The molecule has 126 valence electrons. The zero-order valence-corrected chi connectivity index (χ0v) is 14.8. The van der Waals surface area contributed by atoms with Gasteiger partial charge in [0.15, 0.2) is 0 Å². The van der Waals surface area contributed by atoms with E-state index in [0.29, 0.717) is 0 Å². The third kappa shape index (κ3) is 3.29. The molecule has 3 rings (SSSR count). The smallest absolute Gasteiger partial charge is 0.132 e. The van der Waals surface area contributed by atoms with Crippen LogP contribution in [0.3, 0.4) is 0 Å². The lowest BCUT2D eigenvalue weighted by atomic mass is 10.1. The van der Waals surface area contributed by atoms with Gasteiger partial charge >= 0.3 is 0 Å². The summed E-state index contributed by atoms with van der Waals surface area (Å²) in [7, 11) is 2.10.